The average Bonchev–Trinajstić information content (AvgIpc) is 3.66. The maximum atomic E-state index is 4.88. The fourth-order valence-electron chi connectivity index (χ4n) is 8.11. The molecule has 0 bridgehead atoms. The molecule has 8 heteroatoms. The number of fused-ring (bicyclic) bond motifs is 3. The van der Waals surface area contributed by atoms with E-state index in [-0.39, 0.29) is 32.5 Å². The van der Waals surface area contributed by atoms with Crippen LogP contribution >= 0.6 is 0 Å². The summed E-state index contributed by atoms with van der Waals surface area (Å²) in [5.74, 6) is 0.942. The van der Waals surface area contributed by atoms with Gasteiger partial charge < -0.3 is 19.4 Å². The Labute approximate surface area is 330 Å². The Bertz CT molecular complexity index is 2270. The van der Waals surface area contributed by atoms with Gasteiger partial charge in [-0.15, -0.1) is 16.9 Å². The first-order chi connectivity index (χ1) is 25.0. The summed E-state index contributed by atoms with van der Waals surface area (Å²) in [5.41, 5.74) is 12.4. The van der Waals surface area contributed by atoms with Gasteiger partial charge in [-0.1, -0.05) is 105 Å². The number of hydrogen-bond donors (Lipinski definition) is 0. The van der Waals surface area contributed by atoms with E-state index >= 15 is 0 Å². The number of pyridine rings is 1. The van der Waals surface area contributed by atoms with Crippen molar-refractivity contribution >= 4 is 70.8 Å². The summed E-state index contributed by atoms with van der Waals surface area (Å²) in [6, 6.07) is 47.9. The van der Waals surface area contributed by atoms with Crippen LogP contribution in [-0.2, 0) is 25.5 Å². The molecular formula is C45H45BIrN5Si. The number of aromatic nitrogens is 1. The molecule has 6 aromatic rings. The quantitative estimate of drug-likeness (QED) is 0.131. The first kappa shape index (κ1) is 36.7. The molecule has 0 saturated heterocycles. The van der Waals surface area contributed by atoms with Gasteiger partial charge in [0.05, 0.1) is 8.07 Å². The minimum atomic E-state index is -1.61. The van der Waals surface area contributed by atoms with Crippen molar-refractivity contribution in [2.45, 2.75) is 53.1 Å². The Kier molecular flexibility index (Phi) is 9.69. The van der Waals surface area contributed by atoms with Gasteiger partial charge in [-0.05, 0) is 72.9 Å². The Hall–Kier alpha value is -4.62. The van der Waals surface area contributed by atoms with E-state index in [1.54, 1.807) is 0 Å². The van der Waals surface area contributed by atoms with Crippen molar-refractivity contribution in [3.8, 4) is 0 Å². The van der Waals surface area contributed by atoms with Crippen molar-refractivity contribution in [3.63, 3.8) is 0 Å². The average molecular weight is 887 g/mol. The van der Waals surface area contributed by atoms with Crippen LogP contribution in [0.2, 0.25) is 13.1 Å². The Morgan fingerprint density at radius 2 is 1.36 bits per heavy atom. The molecule has 0 aliphatic carbocycles. The number of nitrogens with zero attached hydrogens (tertiary/aromatic N) is 5. The third-order valence-electron chi connectivity index (χ3n) is 10.8. The maximum Gasteiger partial charge on any atom is 3.00 e. The topological polar surface area (TPSA) is 25.9 Å². The van der Waals surface area contributed by atoms with Gasteiger partial charge in [0.2, 0.25) is 0 Å². The van der Waals surface area contributed by atoms with Crippen molar-refractivity contribution in [1.29, 1.82) is 0 Å². The molecule has 53 heavy (non-hydrogen) atoms. The van der Waals surface area contributed by atoms with Gasteiger partial charge in [0, 0.05) is 23.3 Å². The summed E-state index contributed by atoms with van der Waals surface area (Å²) in [4.78, 5) is 14.2. The van der Waals surface area contributed by atoms with Gasteiger partial charge in [-0.25, -0.2) is 4.98 Å². The van der Waals surface area contributed by atoms with Crippen LogP contribution in [0.15, 0.2) is 121 Å². The zero-order chi connectivity index (χ0) is 36.4. The second-order valence-electron chi connectivity index (χ2n) is 15.6. The maximum absolute atomic E-state index is 4.88. The van der Waals surface area contributed by atoms with Gasteiger partial charge in [0.15, 0.2) is 0 Å². The van der Waals surface area contributed by atoms with Crippen LogP contribution in [0.3, 0.4) is 0 Å². The predicted octanol–water partition coefficient (Wildman–Crippen LogP) is 8.81. The van der Waals surface area contributed by atoms with E-state index < -0.39 is 8.07 Å². The van der Waals surface area contributed by atoms with E-state index in [1.807, 2.05) is 18.3 Å². The van der Waals surface area contributed by atoms with Crippen molar-refractivity contribution in [3.05, 3.63) is 157 Å². The smallest absolute Gasteiger partial charge is 0.504 e. The second-order valence-corrected chi connectivity index (χ2v) is 20.0. The minimum Gasteiger partial charge on any atom is -0.504 e. The van der Waals surface area contributed by atoms with Gasteiger partial charge in [-0.2, -0.15) is 49.1 Å². The van der Waals surface area contributed by atoms with Crippen LogP contribution < -0.4 is 35.3 Å². The van der Waals surface area contributed by atoms with Gasteiger partial charge in [0.1, 0.15) is 5.82 Å². The fraction of sp³-hybridized carbons (Fsp3) is 0.200. The summed E-state index contributed by atoms with van der Waals surface area (Å²) in [6.45, 7) is 18.1. The molecule has 0 radical (unpaired) electrons. The zero-order valence-electron chi connectivity index (χ0n) is 31.8. The molecule has 0 fully saturated rings. The molecule has 0 atom stereocenters. The monoisotopic (exact) mass is 887 g/mol. The molecule has 0 N–H and O–H groups in total. The van der Waals surface area contributed by atoms with Crippen molar-refractivity contribution in [2.24, 2.45) is 0 Å². The molecule has 5 nitrogen and oxygen atoms in total. The Morgan fingerprint density at radius 3 is 2.08 bits per heavy atom. The normalized spacial score (nSPS) is 14.9. The summed E-state index contributed by atoms with van der Waals surface area (Å²) in [7, 11) is 0.502. The molecule has 0 spiro atoms. The molecule has 4 heterocycles. The van der Waals surface area contributed by atoms with E-state index in [1.165, 1.54) is 49.6 Å². The van der Waals surface area contributed by atoms with Gasteiger partial charge in [-0.3, -0.25) is 0 Å². The number of benzene rings is 5. The fourth-order valence-corrected chi connectivity index (χ4v) is 11.0. The van der Waals surface area contributed by atoms with Crippen LogP contribution in [0.25, 0.3) is 0 Å². The summed E-state index contributed by atoms with van der Waals surface area (Å²) in [5, 5.41) is 3.00. The van der Waals surface area contributed by atoms with Crippen molar-refractivity contribution in [1.82, 2.24) is 4.98 Å². The predicted molar refractivity (Wildman–Crippen MR) is 224 cm³/mol. The largest absolute Gasteiger partial charge is 3.00 e. The number of rotatable bonds is 3. The third kappa shape index (κ3) is 6.21. The standard InChI is InChI=1S/C29H29BN3.C16H16N2Si.Ir/c1-21-12-11-13-22(2)28(21)30-32(24-14-7-6-8-15-24)25-16-9-10-17-26(25)33(30)27-20-23(18-19-31-27)29(3,4)5;1-17-11-18-12-7-4-5-9-14(12)19(2,3)15-10-6-8-13(17)16(15)18;/h6-16,18-20H,1-5H3;4-6,8-11H,1-3H3;/q-1;-2;+3. The van der Waals surface area contributed by atoms with E-state index in [0.29, 0.717) is 0 Å². The Balaban J connectivity index is 0.000000184. The second kappa shape index (κ2) is 14.0. The number of hydrogen-bond acceptors (Lipinski definition) is 5. The SMILES string of the molecule is CN1[CH-]N2c3[c-]cccc3[Si](C)(C)c3cccc1c32.Cc1cccc(C)c1B1N(c2cc(C(C)(C)C)ccn2)c2[c-]cccc2N1c1ccccc1.[Ir+3]. The third-order valence-corrected chi connectivity index (χ3v) is 14.3. The van der Waals surface area contributed by atoms with E-state index in [2.05, 4.69) is 196 Å². The molecule has 0 unspecified atom stereocenters. The van der Waals surface area contributed by atoms with Gasteiger partial charge in [0.25, 0.3) is 0 Å². The number of anilines is 7. The molecule has 3 aliphatic heterocycles. The summed E-state index contributed by atoms with van der Waals surface area (Å²) >= 11 is 0. The first-order valence-corrected chi connectivity index (χ1v) is 21.2. The summed E-state index contributed by atoms with van der Waals surface area (Å²) < 4.78 is 0. The summed E-state index contributed by atoms with van der Waals surface area (Å²) in [6.07, 6.45) is 1.94. The molecule has 9 rings (SSSR count). The van der Waals surface area contributed by atoms with E-state index in [4.69, 9.17) is 4.98 Å². The molecule has 266 valence electrons. The number of aryl methyl sites for hydroxylation is 2. The van der Waals surface area contributed by atoms with Crippen LogP contribution in [0, 0.1) is 32.6 Å². The molecule has 3 aliphatic rings. The van der Waals surface area contributed by atoms with Crippen LogP contribution in [0.1, 0.15) is 37.5 Å². The van der Waals surface area contributed by atoms with Crippen molar-refractivity contribution in [2.75, 3.05) is 26.5 Å². The van der Waals surface area contributed by atoms with E-state index in [0.717, 1.165) is 22.9 Å². The first-order valence-electron chi connectivity index (χ1n) is 18.2. The molecule has 0 saturated carbocycles. The van der Waals surface area contributed by atoms with Crippen LogP contribution in [-0.4, -0.2) is 27.1 Å². The Morgan fingerprint density at radius 1 is 0.717 bits per heavy atom. The van der Waals surface area contributed by atoms with Crippen LogP contribution in [0.5, 0.6) is 0 Å². The zero-order valence-corrected chi connectivity index (χ0v) is 35.2. The molecule has 5 aromatic carbocycles. The van der Waals surface area contributed by atoms with Crippen LogP contribution in [0.4, 0.5) is 39.9 Å². The van der Waals surface area contributed by atoms with E-state index in [9.17, 15) is 0 Å². The molecule has 1 aromatic heterocycles. The molecule has 0 amide bonds. The minimum absolute atomic E-state index is 0. The van der Waals surface area contributed by atoms with Gasteiger partial charge >= 0.3 is 27.1 Å². The molecular weight excluding hydrogens is 842 g/mol. The van der Waals surface area contributed by atoms with Crippen molar-refractivity contribution < 1.29 is 20.1 Å². The number of para-hydroxylation sites is 4.